The highest BCUT2D eigenvalue weighted by Gasteiger charge is 2.24. The lowest BCUT2D eigenvalue weighted by molar-refractivity contribution is 0.0737. The minimum Gasteiger partial charge on any atom is -0.379 e. The lowest BCUT2D eigenvalue weighted by atomic mass is 10.0. The van der Waals surface area contributed by atoms with Gasteiger partial charge in [0.05, 0.1) is 18.8 Å². The van der Waals surface area contributed by atoms with Crippen molar-refractivity contribution in [3.8, 4) is 0 Å². The van der Waals surface area contributed by atoms with Gasteiger partial charge < -0.3 is 14.5 Å². The number of hydrogen-bond acceptors (Lipinski definition) is 6. The number of carbonyl (C=O) groups excluding carboxylic acids is 1. The van der Waals surface area contributed by atoms with Crippen LogP contribution in [0.4, 0.5) is 5.82 Å². The zero-order valence-corrected chi connectivity index (χ0v) is 14.6. The molecule has 1 fully saturated rings. The molecule has 0 spiro atoms. The highest BCUT2D eigenvalue weighted by atomic mass is 16.5. The summed E-state index contributed by atoms with van der Waals surface area (Å²) >= 11 is 0. The maximum atomic E-state index is 12.7. The molecule has 0 aromatic carbocycles. The second-order valence-electron chi connectivity index (χ2n) is 6.40. The van der Waals surface area contributed by atoms with Crippen LogP contribution in [0.1, 0.15) is 16.1 Å². The number of carbonyl (C=O) groups is 1. The van der Waals surface area contributed by atoms with Gasteiger partial charge in [-0.25, -0.2) is 9.97 Å². The van der Waals surface area contributed by atoms with Gasteiger partial charge in [0.2, 0.25) is 0 Å². The van der Waals surface area contributed by atoms with E-state index in [0.29, 0.717) is 31.9 Å². The molecule has 132 valence electrons. The van der Waals surface area contributed by atoms with Crippen molar-refractivity contribution in [2.45, 2.75) is 6.42 Å². The third-order valence-electron chi connectivity index (χ3n) is 4.20. The Bertz CT molecular complexity index is 708. The number of rotatable bonds is 4. The van der Waals surface area contributed by atoms with Gasteiger partial charge in [-0.1, -0.05) is 0 Å². The Morgan fingerprint density at radius 2 is 2.28 bits per heavy atom. The average molecular weight is 341 g/mol. The first-order chi connectivity index (χ1) is 12.1. The molecule has 1 saturated heterocycles. The lowest BCUT2D eigenvalue weighted by Crippen LogP contribution is -2.36. The van der Waals surface area contributed by atoms with Crippen LogP contribution in [-0.2, 0) is 11.2 Å². The topological polar surface area (TPSA) is 71.5 Å². The van der Waals surface area contributed by atoms with Crippen LogP contribution >= 0.6 is 0 Å². The van der Waals surface area contributed by atoms with Crippen molar-refractivity contribution < 1.29 is 9.53 Å². The van der Waals surface area contributed by atoms with E-state index in [1.165, 1.54) is 0 Å². The minimum absolute atomic E-state index is 0.000248. The molecule has 2 aromatic heterocycles. The third kappa shape index (κ3) is 4.51. The number of aromatic nitrogens is 3. The first-order valence-electron chi connectivity index (χ1n) is 8.39. The van der Waals surface area contributed by atoms with Gasteiger partial charge in [-0.2, -0.15) is 0 Å². The van der Waals surface area contributed by atoms with Gasteiger partial charge in [-0.15, -0.1) is 0 Å². The predicted molar refractivity (Wildman–Crippen MR) is 94.5 cm³/mol. The molecule has 0 unspecified atom stereocenters. The van der Waals surface area contributed by atoms with Gasteiger partial charge in [0.1, 0.15) is 12.1 Å². The van der Waals surface area contributed by atoms with Crippen LogP contribution in [0, 0.1) is 5.92 Å². The molecule has 0 bridgehead atoms. The second-order valence-corrected chi connectivity index (χ2v) is 6.40. The molecule has 2 aromatic rings. The van der Waals surface area contributed by atoms with Crippen molar-refractivity contribution >= 4 is 11.7 Å². The third-order valence-corrected chi connectivity index (χ3v) is 4.20. The summed E-state index contributed by atoms with van der Waals surface area (Å²) in [6.07, 6.45) is 5.61. The van der Waals surface area contributed by atoms with Crippen LogP contribution in [0.25, 0.3) is 0 Å². The van der Waals surface area contributed by atoms with Crippen LogP contribution in [0.2, 0.25) is 0 Å². The Kier molecular flexibility index (Phi) is 5.55. The summed E-state index contributed by atoms with van der Waals surface area (Å²) < 4.78 is 5.71. The molecule has 3 rings (SSSR count). The molecule has 25 heavy (non-hydrogen) atoms. The largest absolute Gasteiger partial charge is 0.379 e. The van der Waals surface area contributed by atoms with Crippen molar-refractivity contribution in [3.63, 3.8) is 0 Å². The van der Waals surface area contributed by atoms with E-state index in [1.54, 1.807) is 30.9 Å². The normalized spacial score (nSPS) is 17.8. The van der Waals surface area contributed by atoms with E-state index in [9.17, 15) is 4.79 Å². The lowest BCUT2D eigenvalue weighted by Gasteiger charge is -2.23. The summed E-state index contributed by atoms with van der Waals surface area (Å²) in [6, 6.07) is 5.56. The molecule has 7 nitrogen and oxygen atoms in total. The van der Waals surface area contributed by atoms with Gasteiger partial charge in [0, 0.05) is 57.3 Å². The van der Waals surface area contributed by atoms with Gasteiger partial charge in [0.15, 0.2) is 0 Å². The van der Waals surface area contributed by atoms with Crippen molar-refractivity contribution in [2.24, 2.45) is 5.92 Å². The standard InChI is InChI=1S/C18H23N5O2/c1-22(2)17-9-16(20-13-21-17)8-14-11-23(6-7-25-12-14)18(24)15-4-3-5-19-10-15/h3-5,9-10,13-14H,6-8,11-12H2,1-2H3/t14-/m0/s1. The molecule has 1 aliphatic rings. The number of hydrogen-bond donors (Lipinski definition) is 0. The molecule has 1 atom stereocenters. The predicted octanol–water partition coefficient (Wildman–Crippen LogP) is 1.27. The van der Waals surface area contributed by atoms with Gasteiger partial charge in [-0.05, 0) is 18.6 Å². The number of pyridine rings is 1. The summed E-state index contributed by atoms with van der Waals surface area (Å²) in [5.74, 6) is 1.08. The Labute approximate surface area is 147 Å². The van der Waals surface area contributed by atoms with E-state index in [4.69, 9.17) is 4.74 Å². The fourth-order valence-corrected chi connectivity index (χ4v) is 2.90. The highest BCUT2D eigenvalue weighted by molar-refractivity contribution is 5.93. The van der Waals surface area contributed by atoms with Gasteiger partial charge in [-0.3, -0.25) is 9.78 Å². The van der Waals surface area contributed by atoms with E-state index in [1.807, 2.05) is 30.0 Å². The molecule has 0 aliphatic carbocycles. The van der Waals surface area contributed by atoms with Crippen LogP contribution in [-0.4, -0.2) is 66.2 Å². The van der Waals surface area contributed by atoms with E-state index in [-0.39, 0.29) is 11.8 Å². The van der Waals surface area contributed by atoms with E-state index in [2.05, 4.69) is 15.0 Å². The van der Waals surface area contributed by atoms with E-state index < -0.39 is 0 Å². The van der Waals surface area contributed by atoms with Gasteiger partial charge >= 0.3 is 0 Å². The number of nitrogens with zero attached hydrogens (tertiary/aromatic N) is 5. The number of amides is 1. The average Bonchev–Trinajstić information content (AvgIpc) is 2.87. The monoisotopic (exact) mass is 341 g/mol. The Balaban J connectivity index is 1.70. The Morgan fingerprint density at radius 3 is 3.04 bits per heavy atom. The van der Waals surface area contributed by atoms with Crippen molar-refractivity contribution in [1.29, 1.82) is 0 Å². The Hall–Kier alpha value is -2.54. The first-order valence-corrected chi connectivity index (χ1v) is 8.39. The van der Waals surface area contributed by atoms with Crippen molar-refractivity contribution in [2.75, 3.05) is 45.3 Å². The molecule has 7 heteroatoms. The highest BCUT2D eigenvalue weighted by Crippen LogP contribution is 2.16. The maximum absolute atomic E-state index is 12.7. The van der Waals surface area contributed by atoms with Crippen LogP contribution in [0.15, 0.2) is 36.9 Å². The molecule has 1 aliphatic heterocycles. The van der Waals surface area contributed by atoms with Crippen molar-refractivity contribution in [3.05, 3.63) is 48.2 Å². The number of anilines is 1. The Morgan fingerprint density at radius 1 is 1.40 bits per heavy atom. The molecule has 0 radical (unpaired) electrons. The van der Waals surface area contributed by atoms with Crippen molar-refractivity contribution in [1.82, 2.24) is 19.9 Å². The minimum atomic E-state index is 0.000248. The quantitative estimate of drug-likeness (QED) is 0.834. The second kappa shape index (κ2) is 8.02. The molecule has 0 saturated carbocycles. The van der Waals surface area contributed by atoms with Crippen LogP contribution < -0.4 is 4.90 Å². The maximum Gasteiger partial charge on any atom is 0.255 e. The fourth-order valence-electron chi connectivity index (χ4n) is 2.90. The number of ether oxygens (including phenoxy) is 1. The molecular formula is C18H23N5O2. The summed E-state index contributed by atoms with van der Waals surface area (Å²) in [6.45, 7) is 2.42. The summed E-state index contributed by atoms with van der Waals surface area (Å²) in [4.78, 5) is 29.1. The SMILES string of the molecule is CN(C)c1cc(C[C@@H]2COCCN(C(=O)c3cccnc3)C2)ncn1. The van der Waals surface area contributed by atoms with Crippen LogP contribution in [0.3, 0.4) is 0 Å². The molecular weight excluding hydrogens is 318 g/mol. The first kappa shape index (κ1) is 17.3. The zero-order valence-electron chi connectivity index (χ0n) is 14.6. The molecule has 3 heterocycles. The fraction of sp³-hybridized carbons (Fsp3) is 0.444. The zero-order chi connectivity index (χ0) is 17.6. The van der Waals surface area contributed by atoms with Crippen LogP contribution in [0.5, 0.6) is 0 Å². The summed E-state index contributed by atoms with van der Waals surface area (Å²) in [5, 5.41) is 0. The molecule has 0 N–H and O–H groups in total. The molecule has 1 amide bonds. The smallest absolute Gasteiger partial charge is 0.255 e. The van der Waals surface area contributed by atoms with Gasteiger partial charge in [0.25, 0.3) is 5.91 Å². The van der Waals surface area contributed by atoms with E-state index in [0.717, 1.165) is 17.9 Å². The summed E-state index contributed by atoms with van der Waals surface area (Å²) in [7, 11) is 3.91. The summed E-state index contributed by atoms with van der Waals surface area (Å²) in [5.41, 5.74) is 1.57. The van der Waals surface area contributed by atoms with E-state index >= 15 is 0 Å².